The SMILES string of the molecule is CCc1nn(CC)c(CC(N)C(C)CC)c1Cl. The van der Waals surface area contributed by atoms with Gasteiger partial charge in [0.2, 0.25) is 0 Å². The normalized spacial score (nSPS) is 14.9. The molecule has 98 valence electrons. The van der Waals surface area contributed by atoms with E-state index in [2.05, 4.69) is 32.8 Å². The van der Waals surface area contributed by atoms with E-state index in [4.69, 9.17) is 17.3 Å². The molecule has 1 heterocycles. The first-order valence-electron chi connectivity index (χ1n) is 6.54. The van der Waals surface area contributed by atoms with E-state index in [1.54, 1.807) is 0 Å². The number of aryl methyl sites for hydroxylation is 2. The van der Waals surface area contributed by atoms with Gasteiger partial charge in [0.1, 0.15) is 0 Å². The summed E-state index contributed by atoms with van der Waals surface area (Å²) >= 11 is 6.36. The molecule has 3 nitrogen and oxygen atoms in total. The van der Waals surface area contributed by atoms with Gasteiger partial charge in [-0.05, 0) is 19.3 Å². The van der Waals surface area contributed by atoms with Gasteiger partial charge in [-0.1, -0.05) is 38.8 Å². The van der Waals surface area contributed by atoms with Gasteiger partial charge in [-0.2, -0.15) is 5.10 Å². The molecule has 0 amide bonds. The van der Waals surface area contributed by atoms with E-state index in [-0.39, 0.29) is 6.04 Å². The number of halogens is 1. The van der Waals surface area contributed by atoms with Crippen molar-refractivity contribution in [3.8, 4) is 0 Å². The van der Waals surface area contributed by atoms with Gasteiger partial charge in [-0.25, -0.2) is 0 Å². The largest absolute Gasteiger partial charge is 0.327 e. The maximum absolute atomic E-state index is 6.36. The molecule has 17 heavy (non-hydrogen) atoms. The fourth-order valence-corrected chi connectivity index (χ4v) is 2.29. The highest BCUT2D eigenvalue weighted by Gasteiger charge is 2.19. The summed E-state index contributed by atoms with van der Waals surface area (Å²) in [5.74, 6) is 0.511. The lowest BCUT2D eigenvalue weighted by Gasteiger charge is -2.18. The van der Waals surface area contributed by atoms with Crippen molar-refractivity contribution in [3.05, 3.63) is 16.4 Å². The average molecular weight is 258 g/mol. The molecule has 0 fully saturated rings. The molecule has 0 bridgehead atoms. The Balaban J connectivity index is 2.92. The molecule has 0 aliphatic carbocycles. The van der Waals surface area contributed by atoms with Crippen LogP contribution in [0.15, 0.2) is 0 Å². The third-order valence-electron chi connectivity index (χ3n) is 3.50. The summed E-state index contributed by atoms with van der Waals surface area (Å²) in [5.41, 5.74) is 8.29. The van der Waals surface area contributed by atoms with Crippen LogP contribution >= 0.6 is 11.6 Å². The van der Waals surface area contributed by atoms with Crippen LogP contribution in [0.5, 0.6) is 0 Å². The molecule has 0 spiro atoms. The van der Waals surface area contributed by atoms with Crippen molar-refractivity contribution in [2.75, 3.05) is 0 Å². The maximum atomic E-state index is 6.36. The first kappa shape index (κ1) is 14.5. The van der Waals surface area contributed by atoms with Crippen LogP contribution in [0.25, 0.3) is 0 Å². The Morgan fingerprint density at radius 3 is 2.47 bits per heavy atom. The van der Waals surface area contributed by atoms with Crippen molar-refractivity contribution in [3.63, 3.8) is 0 Å². The first-order valence-corrected chi connectivity index (χ1v) is 6.92. The molecule has 0 saturated heterocycles. The third-order valence-corrected chi connectivity index (χ3v) is 3.93. The Kier molecular flexibility index (Phi) is 5.47. The lowest BCUT2D eigenvalue weighted by Crippen LogP contribution is -2.31. The summed E-state index contributed by atoms with van der Waals surface area (Å²) in [4.78, 5) is 0. The minimum Gasteiger partial charge on any atom is -0.327 e. The molecule has 1 aromatic rings. The molecule has 2 atom stereocenters. The highest BCUT2D eigenvalue weighted by molar-refractivity contribution is 6.31. The molecular weight excluding hydrogens is 234 g/mol. The Hall–Kier alpha value is -0.540. The number of aromatic nitrogens is 2. The van der Waals surface area contributed by atoms with E-state index in [0.29, 0.717) is 5.92 Å². The van der Waals surface area contributed by atoms with E-state index in [0.717, 1.165) is 42.2 Å². The predicted molar refractivity (Wildman–Crippen MR) is 73.4 cm³/mol. The van der Waals surface area contributed by atoms with E-state index < -0.39 is 0 Å². The molecule has 0 aromatic carbocycles. The van der Waals surface area contributed by atoms with Crippen molar-refractivity contribution >= 4 is 11.6 Å². The van der Waals surface area contributed by atoms with Crippen LogP contribution in [0.4, 0.5) is 0 Å². The number of hydrogen-bond donors (Lipinski definition) is 1. The minimum atomic E-state index is 0.157. The molecule has 2 N–H and O–H groups in total. The van der Waals surface area contributed by atoms with Crippen molar-refractivity contribution in [2.24, 2.45) is 11.7 Å². The fourth-order valence-electron chi connectivity index (χ4n) is 1.94. The van der Waals surface area contributed by atoms with Gasteiger partial charge in [-0.3, -0.25) is 4.68 Å². The second-order valence-corrected chi connectivity index (χ2v) is 5.01. The third kappa shape index (κ3) is 3.23. The molecule has 0 aliphatic heterocycles. The zero-order chi connectivity index (χ0) is 13.0. The van der Waals surface area contributed by atoms with Crippen molar-refractivity contribution in [2.45, 2.75) is 59.5 Å². The summed E-state index contributed by atoms with van der Waals surface area (Å²) in [6.45, 7) is 9.36. The zero-order valence-electron chi connectivity index (χ0n) is 11.3. The first-order chi connectivity index (χ1) is 8.04. The lowest BCUT2D eigenvalue weighted by atomic mass is 9.96. The van der Waals surface area contributed by atoms with Gasteiger partial charge in [0.15, 0.2) is 0 Å². The molecular formula is C13H24ClN3. The van der Waals surface area contributed by atoms with Crippen molar-refractivity contribution < 1.29 is 0 Å². The van der Waals surface area contributed by atoms with E-state index in [1.165, 1.54) is 0 Å². The van der Waals surface area contributed by atoms with Gasteiger partial charge in [0.05, 0.1) is 16.4 Å². The molecule has 2 unspecified atom stereocenters. The van der Waals surface area contributed by atoms with Crippen LogP contribution in [-0.2, 0) is 19.4 Å². The fraction of sp³-hybridized carbons (Fsp3) is 0.769. The number of nitrogens with two attached hydrogens (primary N) is 1. The van der Waals surface area contributed by atoms with E-state index in [9.17, 15) is 0 Å². The summed E-state index contributed by atoms with van der Waals surface area (Å²) in [7, 11) is 0. The summed E-state index contributed by atoms with van der Waals surface area (Å²) in [5, 5.41) is 5.33. The highest BCUT2D eigenvalue weighted by atomic mass is 35.5. The van der Waals surface area contributed by atoms with Gasteiger partial charge in [0, 0.05) is 19.0 Å². The van der Waals surface area contributed by atoms with Gasteiger partial charge < -0.3 is 5.73 Å². The van der Waals surface area contributed by atoms with Crippen molar-refractivity contribution in [1.82, 2.24) is 9.78 Å². The molecule has 0 saturated carbocycles. The van der Waals surface area contributed by atoms with Gasteiger partial charge in [-0.15, -0.1) is 0 Å². The number of nitrogens with zero attached hydrogens (tertiary/aromatic N) is 2. The topological polar surface area (TPSA) is 43.8 Å². The molecule has 0 radical (unpaired) electrons. The van der Waals surface area contributed by atoms with Crippen LogP contribution in [0.1, 0.15) is 45.5 Å². The molecule has 0 aliphatic rings. The quantitative estimate of drug-likeness (QED) is 0.851. The van der Waals surface area contributed by atoms with Gasteiger partial charge in [0.25, 0.3) is 0 Å². The number of hydrogen-bond acceptors (Lipinski definition) is 2. The predicted octanol–water partition coefficient (Wildman–Crippen LogP) is 3.03. The molecule has 4 heteroatoms. The average Bonchev–Trinajstić information content (AvgIpc) is 2.65. The van der Waals surface area contributed by atoms with Crippen LogP contribution < -0.4 is 5.73 Å². The summed E-state index contributed by atoms with van der Waals surface area (Å²) in [6.07, 6.45) is 2.78. The molecule has 1 rings (SSSR count). The van der Waals surface area contributed by atoms with Crippen LogP contribution in [-0.4, -0.2) is 15.8 Å². The Labute approximate surface area is 109 Å². The minimum absolute atomic E-state index is 0.157. The standard InChI is InChI=1S/C13H24ClN3/c1-5-9(4)10(15)8-12-13(14)11(6-2)16-17(12)7-3/h9-10H,5-8,15H2,1-4H3. The molecule has 1 aromatic heterocycles. The smallest absolute Gasteiger partial charge is 0.0850 e. The Morgan fingerprint density at radius 1 is 1.35 bits per heavy atom. The lowest BCUT2D eigenvalue weighted by molar-refractivity contribution is 0.428. The zero-order valence-corrected chi connectivity index (χ0v) is 12.1. The highest BCUT2D eigenvalue weighted by Crippen LogP contribution is 2.24. The summed E-state index contributed by atoms with van der Waals surface area (Å²) < 4.78 is 1.99. The second-order valence-electron chi connectivity index (χ2n) is 4.63. The van der Waals surface area contributed by atoms with Crippen LogP contribution in [0.3, 0.4) is 0 Å². The maximum Gasteiger partial charge on any atom is 0.0850 e. The second kappa shape index (κ2) is 6.41. The van der Waals surface area contributed by atoms with Crippen molar-refractivity contribution in [1.29, 1.82) is 0 Å². The Morgan fingerprint density at radius 2 is 2.00 bits per heavy atom. The summed E-state index contributed by atoms with van der Waals surface area (Å²) in [6, 6.07) is 0.157. The number of rotatable bonds is 6. The monoisotopic (exact) mass is 257 g/mol. The van der Waals surface area contributed by atoms with Crippen LogP contribution in [0, 0.1) is 5.92 Å². The van der Waals surface area contributed by atoms with Gasteiger partial charge >= 0.3 is 0 Å². The van der Waals surface area contributed by atoms with E-state index >= 15 is 0 Å². The van der Waals surface area contributed by atoms with Crippen LogP contribution in [0.2, 0.25) is 5.02 Å². The van der Waals surface area contributed by atoms with E-state index in [1.807, 2.05) is 4.68 Å². The Bertz CT molecular complexity index is 360.